The summed E-state index contributed by atoms with van der Waals surface area (Å²) in [6.45, 7) is 3.78. The zero-order valence-electron chi connectivity index (χ0n) is 18.6. The van der Waals surface area contributed by atoms with E-state index in [1.165, 1.54) is 4.90 Å². The Labute approximate surface area is 186 Å². The molecule has 2 heterocycles. The lowest BCUT2D eigenvalue weighted by Crippen LogP contribution is -2.31. The Morgan fingerprint density at radius 2 is 1.81 bits per heavy atom. The van der Waals surface area contributed by atoms with Crippen molar-refractivity contribution in [2.45, 2.75) is 52.0 Å². The minimum atomic E-state index is -0.906. The summed E-state index contributed by atoms with van der Waals surface area (Å²) in [5.41, 5.74) is 1.94. The van der Waals surface area contributed by atoms with Gasteiger partial charge < -0.3 is 5.11 Å². The van der Waals surface area contributed by atoms with Gasteiger partial charge in [-0.05, 0) is 37.0 Å². The van der Waals surface area contributed by atoms with Gasteiger partial charge in [0.25, 0.3) is 5.56 Å². The molecule has 3 rings (SSSR count). The third kappa shape index (κ3) is 4.85. The van der Waals surface area contributed by atoms with Gasteiger partial charge in [-0.2, -0.15) is 0 Å². The van der Waals surface area contributed by atoms with Crippen molar-refractivity contribution in [3.05, 3.63) is 64.1 Å². The number of pyridine rings is 1. The van der Waals surface area contributed by atoms with Crippen LogP contribution in [0.1, 0.15) is 56.8 Å². The maximum absolute atomic E-state index is 13.5. The van der Waals surface area contributed by atoms with Crippen molar-refractivity contribution >= 4 is 28.9 Å². The normalized spacial score (nSPS) is 12.0. The van der Waals surface area contributed by atoms with Crippen molar-refractivity contribution < 1.29 is 14.7 Å². The van der Waals surface area contributed by atoms with Crippen LogP contribution in [0.3, 0.4) is 0 Å². The van der Waals surface area contributed by atoms with Gasteiger partial charge in [0.05, 0.1) is 6.04 Å². The third-order valence-corrected chi connectivity index (χ3v) is 5.50. The molecule has 168 valence electrons. The van der Waals surface area contributed by atoms with Crippen LogP contribution in [0.25, 0.3) is 11.2 Å². The number of fused-ring (bicyclic) bond motifs is 1. The number of hydrogen-bond acceptors (Lipinski definition) is 5. The molecule has 0 aliphatic heterocycles. The number of aromatic nitrogens is 3. The molecule has 8 nitrogen and oxygen atoms in total. The van der Waals surface area contributed by atoms with Crippen LogP contribution < -0.4 is 10.5 Å². The fourth-order valence-corrected chi connectivity index (χ4v) is 3.78. The van der Waals surface area contributed by atoms with E-state index in [2.05, 4.69) is 9.97 Å². The molecule has 1 N–H and O–H groups in total. The van der Waals surface area contributed by atoms with Gasteiger partial charge in [-0.15, -0.1) is 0 Å². The van der Waals surface area contributed by atoms with E-state index in [-0.39, 0.29) is 30.3 Å². The maximum atomic E-state index is 13.5. The second-order valence-corrected chi connectivity index (χ2v) is 7.63. The second kappa shape index (κ2) is 10.2. The van der Waals surface area contributed by atoms with Crippen molar-refractivity contribution in [2.75, 3.05) is 11.9 Å². The van der Waals surface area contributed by atoms with Gasteiger partial charge in [0.2, 0.25) is 5.91 Å². The molecule has 0 saturated heterocycles. The summed E-state index contributed by atoms with van der Waals surface area (Å²) in [5.74, 6) is -0.545. The summed E-state index contributed by atoms with van der Waals surface area (Å²) in [6.07, 6.45) is 1.54. The molecule has 1 amide bonds. The standard InChI is InChI=1S/C24H28N4O4/c1-4-19(16-10-7-6-8-11-16)28-23-17(14-15-20(26-23)27(3)21(29)5-2)25-18(24(28)32)12-9-13-22(30)31/h6-8,10-11,14-15,19H,4-5,9,12-13H2,1-3H3,(H,30,31)/t19-/m0/s1. The monoisotopic (exact) mass is 436 g/mol. The molecule has 0 bridgehead atoms. The lowest BCUT2D eigenvalue weighted by Gasteiger charge is -2.22. The zero-order chi connectivity index (χ0) is 23.3. The lowest BCUT2D eigenvalue weighted by atomic mass is 10.0. The van der Waals surface area contributed by atoms with E-state index in [4.69, 9.17) is 5.11 Å². The summed E-state index contributed by atoms with van der Waals surface area (Å²) >= 11 is 0. The average molecular weight is 437 g/mol. The van der Waals surface area contributed by atoms with Crippen molar-refractivity contribution in [1.29, 1.82) is 0 Å². The van der Waals surface area contributed by atoms with Crippen LogP contribution in [0.4, 0.5) is 5.82 Å². The number of nitrogens with zero attached hydrogens (tertiary/aromatic N) is 4. The zero-order valence-corrected chi connectivity index (χ0v) is 18.6. The highest BCUT2D eigenvalue weighted by atomic mass is 16.4. The molecule has 0 aliphatic rings. The summed E-state index contributed by atoms with van der Waals surface area (Å²) in [5, 5.41) is 8.96. The summed E-state index contributed by atoms with van der Waals surface area (Å²) in [6, 6.07) is 12.9. The molecule has 0 saturated carbocycles. The van der Waals surface area contributed by atoms with Gasteiger partial charge in [0, 0.05) is 19.9 Å². The van der Waals surface area contributed by atoms with Gasteiger partial charge in [-0.25, -0.2) is 9.97 Å². The van der Waals surface area contributed by atoms with E-state index < -0.39 is 5.97 Å². The number of rotatable bonds is 9. The first-order chi connectivity index (χ1) is 15.4. The van der Waals surface area contributed by atoms with E-state index >= 15 is 0 Å². The Morgan fingerprint density at radius 1 is 1.09 bits per heavy atom. The number of anilines is 1. The predicted molar refractivity (Wildman–Crippen MR) is 123 cm³/mol. The van der Waals surface area contributed by atoms with Gasteiger partial charge in [-0.1, -0.05) is 44.2 Å². The first-order valence-corrected chi connectivity index (χ1v) is 10.8. The van der Waals surface area contributed by atoms with Crippen LogP contribution in [0.15, 0.2) is 47.3 Å². The van der Waals surface area contributed by atoms with Crippen LogP contribution in [0.5, 0.6) is 0 Å². The molecule has 0 fully saturated rings. The highest BCUT2D eigenvalue weighted by Gasteiger charge is 2.21. The number of carbonyl (C=O) groups excluding carboxylic acids is 1. The van der Waals surface area contributed by atoms with Crippen LogP contribution in [-0.2, 0) is 16.0 Å². The Bertz CT molecular complexity index is 1170. The molecular formula is C24H28N4O4. The number of aliphatic carboxylic acids is 1. The Kier molecular flexibility index (Phi) is 7.35. The Morgan fingerprint density at radius 3 is 2.44 bits per heavy atom. The van der Waals surface area contributed by atoms with Gasteiger partial charge in [0.1, 0.15) is 17.0 Å². The maximum Gasteiger partial charge on any atom is 0.303 e. The topological polar surface area (TPSA) is 105 Å². The third-order valence-electron chi connectivity index (χ3n) is 5.50. The molecule has 1 atom stereocenters. The minimum Gasteiger partial charge on any atom is -0.481 e. The molecule has 0 radical (unpaired) electrons. The van der Waals surface area contributed by atoms with Crippen LogP contribution in [-0.4, -0.2) is 38.6 Å². The summed E-state index contributed by atoms with van der Waals surface area (Å²) < 4.78 is 1.64. The number of benzene rings is 1. The van der Waals surface area contributed by atoms with Crippen molar-refractivity contribution in [1.82, 2.24) is 14.5 Å². The molecule has 0 spiro atoms. The van der Waals surface area contributed by atoms with Crippen molar-refractivity contribution in [2.24, 2.45) is 0 Å². The highest BCUT2D eigenvalue weighted by Crippen LogP contribution is 2.25. The Balaban J connectivity index is 2.22. The van der Waals surface area contributed by atoms with Crippen LogP contribution in [0, 0.1) is 0 Å². The average Bonchev–Trinajstić information content (AvgIpc) is 2.80. The van der Waals surface area contributed by atoms with Crippen LogP contribution in [0.2, 0.25) is 0 Å². The van der Waals surface area contributed by atoms with E-state index in [9.17, 15) is 14.4 Å². The number of carboxylic acid groups (broad SMARTS) is 1. The number of hydrogen-bond donors (Lipinski definition) is 1. The van der Waals surface area contributed by atoms with Crippen molar-refractivity contribution in [3.63, 3.8) is 0 Å². The van der Waals surface area contributed by atoms with Gasteiger partial charge >= 0.3 is 5.97 Å². The fraction of sp³-hybridized carbons (Fsp3) is 0.375. The van der Waals surface area contributed by atoms with Gasteiger partial charge in [-0.3, -0.25) is 23.9 Å². The molecule has 0 aliphatic carbocycles. The molecule has 2 aromatic heterocycles. The van der Waals surface area contributed by atoms with E-state index in [0.717, 1.165) is 5.56 Å². The van der Waals surface area contributed by atoms with E-state index in [1.807, 2.05) is 37.3 Å². The molecule has 8 heteroatoms. The number of carboxylic acids is 1. The SMILES string of the molecule is CCC(=O)N(C)c1ccc2nc(CCCC(=O)O)c(=O)n([C@@H](CC)c3ccccc3)c2n1. The summed E-state index contributed by atoms with van der Waals surface area (Å²) in [4.78, 5) is 47.3. The molecular weight excluding hydrogens is 408 g/mol. The number of amides is 1. The van der Waals surface area contributed by atoms with Crippen LogP contribution >= 0.6 is 0 Å². The number of carbonyl (C=O) groups is 2. The first-order valence-electron chi connectivity index (χ1n) is 10.8. The summed E-state index contributed by atoms with van der Waals surface area (Å²) in [7, 11) is 1.66. The predicted octanol–water partition coefficient (Wildman–Crippen LogP) is 3.57. The second-order valence-electron chi connectivity index (χ2n) is 7.63. The number of aryl methyl sites for hydroxylation is 1. The van der Waals surface area contributed by atoms with E-state index in [0.29, 0.717) is 41.9 Å². The molecule has 3 aromatic rings. The fourth-order valence-electron chi connectivity index (χ4n) is 3.78. The molecule has 32 heavy (non-hydrogen) atoms. The quantitative estimate of drug-likeness (QED) is 0.550. The molecule has 1 aromatic carbocycles. The van der Waals surface area contributed by atoms with Crippen molar-refractivity contribution in [3.8, 4) is 0 Å². The smallest absolute Gasteiger partial charge is 0.303 e. The molecule has 0 unspecified atom stereocenters. The highest BCUT2D eigenvalue weighted by molar-refractivity contribution is 5.92. The largest absolute Gasteiger partial charge is 0.481 e. The van der Waals surface area contributed by atoms with Gasteiger partial charge in [0.15, 0.2) is 5.65 Å². The Hall–Kier alpha value is -3.55. The first kappa shape index (κ1) is 23.1. The lowest BCUT2D eigenvalue weighted by molar-refractivity contribution is -0.137. The minimum absolute atomic E-state index is 0.0316. The van der Waals surface area contributed by atoms with E-state index in [1.54, 1.807) is 30.7 Å².